The molecule has 0 aromatic heterocycles. The van der Waals surface area contributed by atoms with E-state index < -0.39 is 23.4 Å². The predicted molar refractivity (Wildman–Crippen MR) is 73.5 cm³/mol. The Balaban J connectivity index is 2.20. The van der Waals surface area contributed by atoms with Crippen LogP contribution in [0.3, 0.4) is 0 Å². The van der Waals surface area contributed by atoms with Crippen LogP contribution in [-0.2, 0) is 6.54 Å². The Morgan fingerprint density at radius 2 is 1.76 bits per heavy atom. The van der Waals surface area contributed by atoms with Gasteiger partial charge in [-0.3, -0.25) is 4.79 Å². The van der Waals surface area contributed by atoms with Crippen molar-refractivity contribution in [2.45, 2.75) is 6.54 Å². The number of carbonyl (C=O) groups excluding carboxylic acids is 1. The molecule has 110 valence electrons. The fraction of sp³-hybridized carbons (Fsp3) is 0.133. The molecule has 0 aliphatic carbocycles. The maximum absolute atomic E-state index is 13.1. The van der Waals surface area contributed by atoms with E-state index in [-0.39, 0.29) is 5.56 Å². The van der Waals surface area contributed by atoms with Gasteiger partial charge in [0.2, 0.25) is 0 Å². The maximum Gasteiger partial charge on any atom is 0.255 e. The predicted octanol–water partition coefficient (Wildman–Crippen LogP) is 3.08. The van der Waals surface area contributed by atoms with Gasteiger partial charge in [-0.1, -0.05) is 12.1 Å². The van der Waals surface area contributed by atoms with Gasteiger partial charge in [0.15, 0.2) is 17.5 Å². The summed E-state index contributed by atoms with van der Waals surface area (Å²) in [6.07, 6.45) is 0. The van der Waals surface area contributed by atoms with Gasteiger partial charge < -0.3 is 10.6 Å². The van der Waals surface area contributed by atoms with E-state index in [1.165, 1.54) is 0 Å². The average Bonchev–Trinajstić information content (AvgIpc) is 2.45. The first-order valence-electron chi connectivity index (χ1n) is 6.20. The van der Waals surface area contributed by atoms with E-state index in [4.69, 9.17) is 0 Å². The second kappa shape index (κ2) is 6.41. The third-order valence-electron chi connectivity index (χ3n) is 2.81. The van der Waals surface area contributed by atoms with Crippen molar-refractivity contribution in [3.63, 3.8) is 0 Å². The summed E-state index contributed by atoms with van der Waals surface area (Å²) in [5.41, 5.74) is 1.13. The van der Waals surface area contributed by atoms with Gasteiger partial charge in [0.1, 0.15) is 0 Å². The number of anilines is 1. The summed E-state index contributed by atoms with van der Waals surface area (Å²) in [6.45, 7) is 0.615. The van der Waals surface area contributed by atoms with Gasteiger partial charge in [0.05, 0.1) is 0 Å². The second-order valence-corrected chi connectivity index (χ2v) is 4.44. The van der Waals surface area contributed by atoms with Crippen LogP contribution in [0.2, 0.25) is 0 Å². The van der Waals surface area contributed by atoms with Crippen molar-refractivity contribution in [2.24, 2.45) is 0 Å². The Bertz CT molecular complexity index is 651. The number of hydrogen-bond acceptors (Lipinski definition) is 2. The molecule has 0 radical (unpaired) electrons. The number of benzene rings is 2. The molecule has 0 saturated carbocycles. The van der Waals surface area contributed by atoms with Gasteiger partial charge in [-0.15, -0.1) is 0 Å². The molecule has 1 amide bonds. The second-order valence-electron chi connectivity index (χ2n) is 4.44. The fourth-order valence-corrected chi connectivity index (χ4v) is 1.85. The monoisotopic (exact) mass is 294 g/mol. The Morgan fingerprint density at radius 1 is 1.10 bits per heavy atom. The Hall–Kier alpha value is -2.34. The van der Waals surface area contributed by atoms with Crippen LogP contribution in [0.4, 0.5) is 18.9 Å². The van der Waals surface area contributed by atoms with Crippen LogP contribution < -0.4 is 10.6 Å². The molecule has 2 rings (SSSR count). The molecule has 21 heavy (non-hydrogen) atoms. The Labute approximate surface area is 119 Å². The molecule has 0 fully saturated rings. The fourth-order valence-electron chi connectivity index (χ4n) is 1.85. The Morgan fingerprint density at radius 3 is 2.38 bits per heavy atom. The molecule has 6 heteroatoms. The maximum atomic E-state index is 13.1. The first kappa shape index (κ1) is 15.1. The zero-order valence-corrected chi connectivity index (χ0v) is 11.2. The van der Waals surface area contributed by atoms with Crippen molar-refractivity contribution in [3.8, 4) is 0 Å². The first-order chi connectivity index (χ1) is 10.0. The molecule has 2 aromatic rings. The number of hydrogen-bond donors (Lipinski definition) is 2. The molecule has 0 unspecified atom stereocenters. The quantitative estimate of drug-likeness (QED) is 0.851. The van der Waals surface area contributed by atoms with E-state index >= 15 is 0 Å². The van der Waals surface area contributed by atoms with Crippen molar-refractivity contribution in [3.05, 3.63) is 65.0 Å². The standard InChI is InChI=1S/C15H13F3N2O/c1-19-8-9-3-2-4-11(5-9)20-15(21)10-6-12(16)14(18)13(17)7-10/h2-7,19H,8H2,1H3,(H,20,21). The zero-order valence-electron chi connectivity index (χ0n) is 11.2. The molecule has 3 nitrogen and oxygen atoms in total. The lowest BCUT2D eigenvalue weighted by molar-refractivity contribution is 0.102. The van der Waals surface area contributed by atoms with Crippen molar-refractivity contribution in [1.29, 1.82) is 0 Å². The summed E-state index contributed by atoms with van der Waals surface area (Å²) >= 11 is 0. The van der Waals surface area contributed by atoms with E-state index in [0.717, 1.165) is 5.56 Å². The highest BCUT2D eigenvalue weighted by Crippen LogP contribution is 2.16. The van der Waals surface area contributed by atoms with Crippen LogP contribution in [0.1, 0.15) is 15.9 Å². The summed E-state index contributed by atoms with van der Waals surface area (Å²) in [5.74, 6) is -5.11. The van der Waals surface area contributed by atoms with E-state index in [2.05, 4.69) is 10.6 Å². The highest BCUT2D eigenvalue weighted by Gasteiger charge is 2.15. The zero-order chi connectivity index (χ0) is 15.4. The highest BCUT2D eigenvalue weighted by molar-refractivity contribution is 6.04. The number of halogens is 3. The summed E-state index contributed by atoms with van der Waals surface area (Å²) in [7, 11) is 1.79. The van der Waals surface area contributed by atoms with Crippen molar-refractivity contribution < 1.29 is 18.0 Å². The van der Waals surface area contributed by atoms with Crippen molar-refractivity contribution in [1.82, 2.24) is 5.32 Å². The first-order valence-corrected chi connectivity index (χ1v) is 6.20. The SMILES string of the molecule is CNCc1cccc(NC(=O)c2cc(F)c(F)c(F)c2)c1. The molecule has 2 aromatic carbocycles. The lowest BCUT2D eigenvalue weighted by Crippen LogP contribution is -2.14. The van der Waals surface area contributed by atoms with E-state index in [1.807, 2.05) is 6.07 Å². The molecule has 0 bridgehead atoms. The minimum atomic E-state index is -1.59. The Kier molecular flexibility index (Phi) is 4.59. The lowest BCUT2D eigenvalue weighted by Gasteiger charge is -2.08. The van der Waals surface area contributed by atoms with Crippen LogP contribution in [0, 0.1) is 17.5 Å². The largest absolute Gasteiger partial charge is 0.322 e. The van der Waals surface area contributed by atoms with Crippen LogP contribution in [-0.4, -0.2) is 13.0 Å². The normalized spacial score (nSPS) is 10.5. The molecule has 2 N–H and O–H groups in total. The minimum absolute atomic E-state index is 0.287. The van der Waals surface area contributed by atoms with Gasteiger partial charge in [-0.25, -0.2) is 13.2 Å². The number of rotatable bonds is 4. The van der Waals surface area contributed by atoms with Crippen LogP contribution >= 0.6 is 0 Å². The summed E-state index contributed by atoms with van der Waals surface area (Å²) in [4.78, 5) is 11.9. The number of amides is 1. The summed E-state index contributed by atoms with van der Waals surface area (Å²) in [5, 5.41) is 5.47. The third-order valence-corrected chi connectivity index (χ3v) is 2.81. The van der Waals surface area contributed by atoms with Gasteiger partial charge in [0.25, 0.3) is 5.91 Å². The average molecular weight is 294 g/mol. The lowest BCUT2D eigenvalue weighted by atomic mass is 10.1. The van der Waals surface area contributed by atoms with Crippen molar-refractivity contribution >= 4 is 11.6 Å². The van der Waals surface area contributed by atoms with Crippen LogP contribution in [0.5, 0.6) is 0 Å². The van der Waals surface area contributed by atoms with Crippen LogP contribution in [0.25, 0.3) is 0 Å². The van der Waals surface area contributed by atoms with Crippen LogP contribution in [0.15, 0.2) is 36.4 Å². The molecule has 0 aliphatic heterocycles. The molecule has 0 spiro atoms. The van der Waals surface area contributed by atoms with Gasteiger partial charge in [-0.05, 0) is 36.9 Å². The molecule has 0 saturated heterocycles. The topological polar surface area (TPSA) is 41.1 Å². The molecule has 0 heterocycles. The van der Waals surface area contributed by atoms with Gasteiger partial charge in [-0.2, -0.15) is 0 Å². The number of nitrogens with one attached hydrogen (secondary N) is 2. The summed E-state index contributed by atoms with van der Waals surface area (Å²) < 4.78 is 39.1. The van der Waals surface area contributed by atoms with E-state index in [0.29, 0.717) is 24.4 Å². The smallest absolute Gasteiger partial charge is 0.255 e. The highest BCUT2D eigenvalue weighted by atomic mass is 19.2. The van der Waals surface area contributed by atoms with E-state index in [1.54, 1.807) is 25.2 Å². The van der Waals surface area contributed by atoms with Crippen molar-refractivity contribution in [2.75, 3.05) is 12.4 Å². The molecule has 0 aliphatic rings. The summed E-state index contributed by atoms with van der Waals surface area (Å²) in [6, 6.07) is 8.30. The van der Waals surface area contributed by atoms with Gasteiger partial charge >= 0.3 is 0 Å². The molecular formula is C15H13F3N2O. The third kappa shape index (κ3) is 3.61. The molecular weight excluding hydrogens is 281 g/mol. The molecule has 0 atom stereocenters. The van der Waals surface area contributed by atoms with Gasteiger partial charge in [0, 0.05) is 17.8 Å². The van der Waals surface area contributed by atoms with E-state index in [9.17, 15) is 18.0 Å². The minimum Gasteiger partial charge on any atom is -0.322 e. The number of carbonyl (C=O) groups is 1.